The fourth-order valence-electron chi connectivity index (χ4n) is 4.00. The predicted molar refractivity (Wildman–Crippen MR) is 108 cm³/mol. The molecule has 1 heterocycles. The van der Waals surface area contributed by atoms with Crippen molar-refractivity contribution in [3.63, 3.8) is 0 Å². The fraction of sp³-hybridized carbons (Fsp3) is 0.500. The zero-order chi connectivity index (χ0) is 17.6. The van der Waals surface area contributed by atoms with Crippen LogP contribution < -0.4 is 0 Å². The van der Waals surface area contributed by atoms with Crippen molar-refractivity contribution in [1.82, 2.24) is 4.98 Å². The van der Waals surface area contributed by atoms with Crippen LogP contribution in [0.4, 0.5) is 0 Å². The van der Waals surface area contributed by atoms with E-state index in [1.54, 1.807) is 0 Å². The van der Waals surface area contributed by atoms with E-state index in [1.165, 1.54) is 61.6 Å². The standard InChI is InChI=1S/C22H27Cl2N/c1-2-3-16-6-10-19(11-7-16)20-12-8-17(9-13-20)4-5-18-14-21(23)22(24)25-15-18/h6-7,10-11,14-15,17,20H,2-5,8-9,12-13H2,1H3/t17-,20-. The van der Waals surface area contributed by atoms with Crippen LogP contribution >= 0.6 is 23.2 Å². The lowest BCUT2D eigenvalue weighted by Gasteiger charge is -2.29. The van der Waals surface area contributed by atoms with Gasteiger partial charge in [0, 0.05) is 6.20 Å². The first kappa shape index (κ1) is 18.7. The minimum atomic E-state index is 0.399. The molecule has 0 amide bonds. The predicted octanol–water partition coefficient (Wildman–Crippen LogP) is 7.25. The van der Waals surface area contributed by atoms with Crippen LogP contribution in [-0.2, 0) is 12.8 Å². The molecule has 0 saturated heterocycles. The number of hydrogen-bond donors (Lipinski definition) is 0. The highest BCUT2D eigenvalue weighted by Crippen LogP contribution is 2.37. The molecule has 1 aliphatic rings. The van der Waals surface area contributed by atoms with E-state index in [0.717, 1.165) is 18.3 Å². The summed E-state index contributed by atoms with van der Waals surface area (Å²) in [5.41, 5.74) is 4.20. The highest BCUT2D eigenvalue weighted by Gasteiger charge is 2.22. The van der Waals surface area contributed by atoms with Gasteiger partial charge in [0.2, 0.25) is 0 Å². The van der Waals surface area contributed by atoms with E-state index < -0.39 is 0 Å². The smallest absolute Gasteiger partial charge is 0.147 e. The molecule has 25 heavy (non-hydrogen) atoms. The normalized spacial score (nSPS) is 20.6. The maximum absolute atomic E-state index is 6.06. The third kappa shape index (κ3) is 5.21. The first-order valence-electron chi connectivity index (χ1n) is 9.54. The van der Waals surface area contributed by atoms with Gasteiger partial charge in [-0.1, -0.05) is 60.8 Å². The topological polar surface area (TPSA) is 12.9 Å². The van der Waals surface area contributed by atoms with Gasteiger partial charge in [0.15, 0.2) is 0 Å². The Labute approximate surface area is 161 Å². The van der Waals surface area contributed by atoms with E-state index >= 15 is 0 Å². The number of rotatable bonds is 6. The summed E-state index contributed by atoms with van der Waals surface area (Å²) in [6.45, 7) is 2.24. The van der Waals surface area contributed by atoms with Gasteiger partial charge in [0.25, 0.3) is 0 Å². The maximum atomic E-state index is 6.06. The SMILES string of the molecule is CCCc1ccc([C@H]2CC[C@H](CCc3cnc(Cl)c(Cl)c3)CC2)cc1. The van der Waals surface area contributed by atoms with E-state index in [0.29, 0.717) is 10.2 Å². The Bertz CT molecular complexity index is 673. The molecule has 0 atom stereocenters. The molecular formula is C22H27Cl2N. The molecule has 3 heteroatoms. The van der Waals surface area contributed by atoms with E-state index in [9.17, 15) is 0 Å². The highest BCUT2D eigenvalue weighted by atomic mass is 35.5. The Hall–Kier alpha value is -1.05. The molecule has 2 aromatic rings. The van der Waals surface area contributed by atoms with Crippen molar-refractivity contribution in [1.29, 1.82) is 0 Å². The summed E-state index contributed by atoms with van der Waals surface area (Å²) in [5.74, 6) is 1.57. The summed E-state index contributed by atoms with van der Waals surface area (Å²) >= 11 is 11.9. The van der Waals surface area contributed by atoms with Crippen LogP contribution in [0.3, 0.4) is 0 Å². The second-order valence-corrected chi connectivity index (χ2v) is 8.13. The van der Waals surface area contributed by atoms with Crippen LogP contribution in [0.1, 0.15) is 68.1 Å². The second kappa shape index (κ2) is 9.05. The van der Waals surface area contributed by atoms with Gasteiger partial charge < -0.3 is 0 Å². The molecular weight excluding hydrogens is 349 g/mol. The zero-order valence-corrected chi connectivity index (χ0v) is 16.5. The second-order valence-electron chi connectivity index (χ2n) is 7.36. The molecule has 1 aliphatic carbocycles. The summed E-state index contributed by atoms with van der Waals surface area (Å²) in [6.07, 6.45) is 11.8. The zero-order valence-electron chi connectivity index (χ0n) is 15.0. The minimum absolute atomic E-state index is 0.399. The van der Waals surface area contributed by atoms with Crippen molar-refractivity contribution in [3.8, 4) is 0 Å². The van der Waals surface area contributed by atoms with E-state index in [-0.39, 0.29) is 0 Å². The first-order chi connectivity index (χ1) is 12.2. The average Bonchev–Trinajstić information content (AvgIpc) is 2.64. The van der Waals surface area contributed by atoms with Crippen LogP contribution in [0.25, 0.3) is 0 Å². The molecule has 0 N–H and O–H groups in total. The summed E-state index contributed by atoms with van der Waals surface area (Å²) < 4.78 is 0. The van der Waals surface area contributed by atoms with Crippen LogP contribution in [0.15, 0.2) is 36.5 Å². The molecule has 0 unspecified atom stereocenters. The lowest BCUT2D eigenvalue weighted by molar-refractivity contribution is 0.310. The number of aromatic nitrogens is 1. The quantitative estimate of drug-likeness (QED) is 0.484. The Kier molecular flexibility index (Phi) is 6.78. The van der Waals surface area contributed by atoms with Crippen molar-refractivity contribution < 1.29 is 0 Å². The van der Waals surface area contributed by atoms with Crippen LogP contribution in [0, 0.1) is 5.92 Å². The molecule has 1 nitrogen and oxygen atoms in total. The van der Waals surface area contributed by atoms with Gasteiger partial charge in [-0.2, -0.15) is 0 Å². The van der Waals surface area contributed by atoms with Crippen molar-refractivity contribution >= 4 is 23.2 Å². The van der Waals surface area contributed by atoms with Crippen molar-refractivity contribution in [2.24, 2.45) is 5.92 Å². The van der Waals surface area contributed by atoms with E-state index in [4.69, 9.17) is 23.2 Å². The van der Waals surface area contributed by atoms with Crippen molar-refractivity contribution in [2.45, 2.75) is 64.2 Å². The fourth-order valence-corrected chi connectivity index (χ4v) is 4.29. The van der Waals surface area contributed by atoms with E-state index in [2.05, 4.69) is 36.2 Å². The third-order valence-electron chi connectivity index (χ3n) is 5.53. The number of aryl methyl sites for hydroxylation is 2. The average molecular weight is 376 g/mol. The molecule has 0 aliphatic heterocycles. The number of hydrogen-bond acceptors (Lipinski definition) is 1. The molecule has 0 radical (unpaired) electrons. The summed E-state index contributed by atoms with van der Waals surface area (Å²) in [7, 11) is 0. The number of halogens is 2. The number of nitrogens with zero attached hydrogens (tertiary/aromatic N) is 1. The highest BCUT2D eigenvalue weighted by molar-refractivity contribution is 6.41. The Morgan fingerprint density at radius 1 is 0.960 bits per heavy atom. The Morgan fingerprint density at radius 2 is 1.68 bits per heavy atom. The molecule has 134 valence electrons. The van der Waals surface area contributed by atoms with Gasteiger partial charge >= 0.3 is 0 Å². The third-order valence-corrected chi connectivity index (χ3v) is 6.22. The monoisotopic (exact) mass is 375 g/mol. The van der Waals surface area contributed by atoms with Crippen molar-refractivity contribution in [3.05, 3.63) is 63.4 Å². The van der Waals surface area contributed by atoms with Gasteiger partial charge in [-0.15, -0.1) is 0 Å². The van der Waals surface area contributed by atoms with E-state index in [1.807, 2.05) is 12.3 Å². The Balaban J connectivity index is 1.47. The first-order valence-corrected chi connectivity index (χ1v) is 10.3. The minimum Gasteiger partial charge on any atom is -0.243 e. The lowest BCUT2D eigenvalue weighted by Crippen LogP contribution is -2.14. The van der Waals surface area contributed by atoms with Crippen molar-refractivity contribution in [2.75, 3.05) is 0 Å². The molecule has 0 spiro atoms. The summed E-state index contributed by atoms with van der Waals surface area (Å²) in [5, 5.41) is 0.963. The molecule has 1 aromatic carbocycles. The van der Waals surface area contributed by atoms with Gasteiger partial charge in [-0.3, -0.25) is 0 Å². The molecule has 1 aromatic heterocycles. The van der Waals surface area contributed by atoms with Crippen LogP contribution in [0.5, 0.6) is 0 Å². The van der Waals surface area contributed by atoms with Crippen LogP contribution in [-0.4, -0.2) is 4.98 Å². The molecule has 1 saturated carbocycles. The number of pyridine rings is 1. The molecule has 0 bridgehead atoms. The van der Waals surface area contributed by atoms with Crippen LogP contribution in [0.2, 0.25) is 10.2 Å². The maximum Gasteiger partial charge on any atom is 0.147 e. The van der Waals surface area contributed by atoms with Gasteiger partial charge in [-0.05, 0) is 79.5 Å². The van der Waals surface area contributed by atoms with Gasteiger partial charge in [-0.25, -0.2) is 4.98 Å². The summed E-state index contributed by atoms with van der Waals surface area (Å²) in [6, 6.07) is 11.3. The largest absolute Gasteiger partial charge is 0.243 e. The Morgan fingerprint density at radius 3 is 2.32 bits per heavy atom. The number of benzene rings is 1. The lowest BCUT2D eigenvalue weighted by atomic mass is 9.77. The van der Waals surface area contributed by atoms with Gasteiger partial charge in [0.1, 0.15) is 5.15 Å². The van der Waals surface area contributed by atoms with Gasteiger partial charge in [0.05, 0.1) is 5.02 Å². The molecule has 1 fully saturated rings. The molecule has 3 rings (SSSR count). The summed E-state index contributed by atoms with van der Waals surface area (Å²) in [4.78, 5) is 4.15.